The van der Waals surface area contributed by atoms with Gasteiger partial charge in [-0.3, -0.25) is 0 Å². The topological polar surface area (TPSA) is 64.3 Å². The van der Waals surface area contributed by atoms with Crippen molar-refractivity contribution in [2.24, 2.45) is 0 Å². The first-order chi connectivity index (χ1) is 9.08. The molecule has 0 spiro atoms. The lowest BCUT2D eigenvalue weighted by molar-refractivity contribution is 0.0505. The van der Waals surface area contributed by atoms with Crippen molar-refractivity contribution in [2.45, 2.75) is 46.1 Å². The fourth-order valence-corrected chi connectivity index (χ4v) is 1.87. The van der Waals surface area contributed by atoms with E-state index in [0.717, 1.165) is 24.9 Å². The van der Waals surface area contributed by atoms with E-state index in [1.165, 1.54) is 0 Å². The third-order valence-electron chi connectivity index (χ3n) is 2.85. The van der Waals surface area contributed by atoms with Gasteiger partial charge in [-0.25, -0.2) is 4.79 Å². The molecule has 0 unspecified atom stereocenters. The van der Waals surface area contributed by atoms with Gasteiger partial charge < -0.3 is 15.8 Å². The van der Waals surface area contributed by atoms with E-state index in [-0.39, 0.29) is 5.97 Å². The van der Waals surface area contributed by atoms with Crippen molar-refractivity contribution < 1.29 is 9.53 Å². The molecule has 0 saturated heterocycles. The molecule has 0 aliphatic carbocycles. The molecule has 3 N–H and O–H groups in total. The molecule has 0 bridgehead atoms. The quantitative estimate of drug-likeness (QED) is 0.585. The molecule has 19 heavy (non-hydrogen) atoms. The van der Waals surface area contributed by atoms with Gasteiger partial charge in [0.2, 0.25) is 0 Å². The fraction of sp³-hybridized carbons (Fsp3) is 0.533. The van der Waals surface area contributed by atoms with E-state index in [9.17, 15) is 4.79 Å². The fourth-order valence-electron chi connectivity index (χ4n) is 1.87. The maximum absolute atomic E-state index is 11.7. The molecule has 4 nitrogen and oxygen atoms in total. The van der Waals surface area contributed by atoms with Gasteiger partial charge in [-0.1, -0.05) is 20.3 Å². The van der Waals surface area contributed by atoms with Crippen LogP contribution >= 0.6 is 0 Å². The van der Waals surface area contributed by atoms with E-state index in [4.69, 9.17) is 10.5 Å². The normalized spacial score (nSPS) is 11.9. The molecule has 0 amide bonds. The Morgan fingerprint density at radius 2 is 2.11 bits per heavy atom. The van der Waals surface area contributed by atoms with Crippen molar-refractivity contribution in [1.82, 2.24) is 0 Å². The Balaban J connectivity index is 2.71. The number of nitrogen functional groups attached to an aromatic ring is 1. The van der Waals surface area contributed by atoms with Gasteiger partial charge in [0.05, 0.1) is 23.5 Å². The van der Waals surface area contributed by atoms with E-state index < -0.39 is 0 Å². The van der Waals surface area contributed by atoms with Crippen LogP contribution in [-0.4, -0.2) is 18.6 Å². The number of hydrogen-bond donors (Lipinski definition) is 2. The van der Waals surface area contributed by atoms with Crippen LogP contribution < -0.4 is 11.1 Å². The summed E-state index contributed by atoms with van der Waals surface area (Å²) in [6.45, 7) is 6.66. The minimum absolute atomic E-state index is 0.318. The molecule has 1 aromatic carbocycles. The molecule has 0 fully saturated rings. The predicted molar refractivity (Wildman–Crippen MR) is 79.4 cm³/mol. The SMILES string of the molecule is CCCOC(=O)c1ccc(N[C@@H](C)CCC)c(N)c1. The Bertz CT molecular complexity index is 419. The maximum atomic E-state index is 11.7. The molecule has 0 radical (unpaired) electrons. The van der Waals surface area contributed by atoms with Gasteiger partial charge in [-0.15, -0.1) is 0 Å². The molecule has 0 aromatic heterocycles. The standard InChI is InChI=1S/C15H24N2O2/c1-4-6-11(3)17-14-8-7-12(10-13(14)16)15(18)19-9-5-2/h7-8,10-11,17H,4-6,9,16H2,1-3H3/t11-/m0/s1. The number of carbonyl (C=O) groups excluding carboxylic acids is 1. The second-order valence-electron chi connectivity index (χ2n) is 4.77. The average Bonchev–Trinajstić information content (AvgIpc) is 2.38. The number of rotatable bonds is 7. The van der Waals surface area contributed by atoms with Crippen molar-refractivity contribution in [3.8, 4) is 0 Å². The number of carbonyl (C=O) groups is 1. The van der Waals surface area contributed by atoms with Crippen LogP contribution in [0, 0.1) is 0 Å². The average molecular weight is 264 g/mol. The number of hydrogen-bond acceptors (Lipinski definition) is 4. The first-order valence-corrected chi connectivity index (χ1v) is 6.91. The van der Waals surface area contributed by atoms with Crippen molar-refractivity contribution in [1.29, 1.82) is 0 Å². The molecule has 0 saturated carbocycles. The van der Waals surface area contributed by atoms with Gasteiger partial charge in [0.1, 0.15) is 0 Å². The Hall–Kier alpha value is -1.71. The van der Waals surface area contributed by atoms with Gasteiger partial charge in [0, 0.05) is 6.04 Å². The van der Waals surface area contributed by atoms with Gasteiger partial charge in [0.15, 0.2) is 0 Å². The number of esters is 1. The van der Waals surface area contributed by atoms with Crippen LogP contribution in [0.1, 0.15) is 50.4 Å². The van der Waals surface area contributed by atoms with Crippen molar-refractivity contribution in [2.75, 3.05) is 17.7 Å². The van der Waals surface area contributed by atoms with E-state index in [2.05, 4.69) is 19.2 Å². The Morgan fingerprint density at radius 1 is 1.37 bits per heavy atom. The molecular formula is C15H24N2O2. The molecular weight excluding hydrogens is 240 g/mol. The summed E-state index contributed by atoms with van der Waals surface area (Å²) in [6, 6.07) is 5.61. The Labute approximate surface area is 115 Å². The van der Waals surface area contributed by atoms with E-state index >= 15 is 0 Å². The van der Waals surface area contributed by atoms with Crippen LogP contribution in [0.3, 0.4) is 0 Å². The van der Waals surface area contributed by atoms with E-state index in [0.29, 0.717) is 23.9 Å². The lowest BCUT2D eigenvalue weighted by Gasteiger charge is -2.16. The van der Waals surface area contributed by atoms with Crippen molar-refractivity contribution >= 4 is 17.3 Å². The summed E-state index contributed by atoms with van der Waals surface area (Å²) in [5.74, 6) is -0.318. The molecule has 0 aliphatic heterocycles. The maximum Gasteiger partial charge on any atom is 0.338 e. The number of ether oxygens (including phenoxy) is 1. The zero-order valence-corrected chi connectivity index (χ0v) is 12.0. The van der Waals surface area contributed by atoms with Crippen LogP contribution in [0.25, 0.3) is 0 Å². The van der Waals surface area contributed by atoms with Gasteiger partial charge in [0.25, 0.3) is 0 Å². The first kappa shape index (κ1) is 15.3. The predicted octanol–water partition coefficient (Wildman–Crippen LogP) is 3.44. The molecule has 4 heteroatoms. The summed E-state index contributed by atoms with van der Waals surface area (Å²) in [6.07, 6.45) is 3.02. The minimum atomic E-state index is -0.318. The lowest BCUT2D eigenvalue weighted by Crippen LogP contribution is -2.16. The smallest absolute Gasteiger partial charge is 0.338 e. The molecule has 1 atom stereocenters. The number of benzene rings is 1. The summed E-state index contributed by atoms with van der Waals surface area (Å²) in [5.41, 5.74) is 7.91. The molecule has 106 valence electrons. The number of anilines is 2. The van der Waals surface area contributed by atoms with E-state index in [1.807, 2.05) is 13.0 Å². The number of nitrogens with one attached hydrogen (secondary N) is 1. The van der Waals surface area contributed by atoms with Crippen LogP contribution in [0.15, 0.2) is 18.2 Å². The van der Waals surface area contributed by atoms with Gasteiger partial charge in [-0.2, -0.15) is 0 Å². The van der Waals surface area contributed by atoms with Gasteiger partial charge in [-0.05, 0) is 38.0 Å². The highest BCUT2D eigenvalue weighted by Crippen LogP contribution is 2.22. The van der Waals surface area contributed by atoms with Crippen LogP contribution in [0.2, 0.25) is 0 Å². The summed E-state index contributed by atoms with van der Waals surface area (Å²) < 4.78 is 5.08. The van der Waals surface area contributed by atoms with Crippen LogP contribution in [0.5, 0.6) is 0 Å². The van der Waals surface area contributed by atoms with Crippen molar-refractivity contribution in [3.05, 3.63) is 23.8 Å². The third kappa shape index (κ3) is 4.81. The zero-order chi connectivity index (χ0) is 14.3. The minimum Gasteiger partial charge on any atom is -0.462 e. The molecule has 1 rings (SSSR count). The van der Waals surface area contributed by atoms with E-state index in [1.54, 1.807) is 12.1 Å². The van der Waals surface area contributed by atoms with Crippen LogP contribution in [-0.2, 0) is 4.74 Å². The second-order valence-corrected chi connectivity index (χ2v) is 4.77. The molecule has 1 aromatic rings. The summed E-state index contributed by atoms with van der Waals surface area (Å²) >= 11 is 0. The highest BCUT2D eigenvalue weighted by Gasteiger charge is 2.10. The largest absolute Gasteiger partial charge is 0.462 e. The summed E-state index contributed by atoms with van der Waals surface area (Å²) in [7, 11) is 0. The molecule has 0 aliphatic rings. The zero-order valence-electron chi connectivity index (χ0n) is 12.0. The first-order valence-electron chi connectivity index (χ1n) is 6.91. The van der Waals surface area contributed by atoms with Crippen LogP contribution in [0.4, 0.5) is 11.4 Å². The summed E-state index contributed by atoms with van der Waals surface area (Å²) in [4.78, 5) is 11.7. The Kier molecular flexibility index (Phi) is 6.19. The van der Waals surface area contributed by atoms with Gasteiger partial charge >= 0.3 is 5.97 Å². The van der Waals surface area contributed by atoms with Crippen molar-refractivity contribution in [3.63, 3.8) is 0 Å². The second kappa shape index (κ2) is 7.67. The third-order valence-corrected chi connectivity index (χ3v) is 2.85. The lowest BCUT2D eigenvalue weighted by atomic mass is 10.1. The monoisotopic (exact) mass is 264 g/mol. The Morgan fingerprint density at radius 3 is 2.68 bits per heavy atom. The highest BCUT2D eigenvalue weighted by molar-refractivity contribution is 5.91. The molecule has 0 heterocycles. The number of nitrogens with two attached hydrogens (primary N) is 1. The highest BCUT2D eigenvalue weighted by atomic mass is 16.5. The summed E-state index contributed by atoms with van der Waals surface area (Å²) in [5, 5.41) is 3.34.